The van der Waals surface area contributed by atoms with Crippen molar-refractivity contribution in [2.75, 3.05) is 18.2 Å². The Morgan fingerprint density at radius 2 is 1.82 bits per heavy atom. The van der Waals surface area contributed by atoms with E-state index in [0.717, 1.165) is 25.7 Å². The normalized spacial score (nSPS) is 14.3. The number of nitrogens with one attached hydrogen (secondary N) is 2. The average molecular weight is 426 g/mol. The maximum absolute atomic E-state index is 12.8. The third-order valence-corrected chi connectivity index (χ3v) is 6.14. The highest BCUT2D eigenvalue weighted by Crippen LogP contribution is 2.28. The Morgan fingerprint density at radius 3 is 2.46 bits per heavy atom. The fraction of sp³-hybridized carbons (Fsp3) is 0.316. The highest BCUT2D eigenvalue weighted by atomic mass is 35.5. The van der Waals surface area contributed by atoms with Crippen LogP contribution in [0.25, 0.3) is 0 Å². The van der Waals surface area contributed by atoms with Crippen molar-refractivity contribution in [3.8, 4) is 5.75 Å². The van der Waals surface area contributed by atoms with Crippen LogP contribution >= 0.6 is 12.4 Å². The standard InChI is InChI=1S/C19H23N3O4S.ClH/c1-26-17-11-10-13(19(23)21-16-9-5-4-8-15(16)20)12-18(17)27(24,25)22-14-6-2-3-7-14;/h4-5,8-12,14,22H,2-3,6-7,20H2,1H3,(H,21,23);1H. The maximum atomic E-state index is 12.8. The second-order valence-corrected chi connectivity index (χ2v) is 8.19. The number of sulfonamides is 1. The van der Waals surface area contributed by atoms with E-state index in [1.54, 1.807) is 24.3 Å². The van der Waals surface area contributed by atoms with Crippen LogP contribution in [-0.4, -0.2) is 27.5 Å². The van der Waals surface area contributed by atoms with E-state index in [1.165, 1.54) is 25.3 Å². The number of rotatable bonds is 6. The Kier molecular flexibility index (Phi) is 7.29. The van der Waals surface area contributed by atoms with Gasteiger partial charge in [-0.3, -0.25) is 4.79 Å². The molecule has 0 saturated heterocycles. The third-order valence-electron chi connectivity index (χ3n) is 4.60. The van der Waals surface area contributed by atoms with Gasteiger partial charge in [0.25, 0.3) is 5.91 Å². The summed E-state index contributed by atoms with van der Waals surface area (Å²) in [6, 6.07) is 11.1. The number of amides is 1. The van der Waals surface area contributed by atoms with Crippen molar-refractivity contribution in [3.05, 3.63) is 48.0 Å². The Labute approximate surface area is 171 Å². The van der Waals surface area contributed by atoms with Crippen LogP contribution in [0.2, 0.25) is 0 Å². The molecule has 2 aromatic rings. The highest BCUT2D eigenvalue weighted by molar-refractivity contribution is 7.89. The van der Waals surface area contributed by atoms with Gasteiger partial charge in [0.15, 0.2) is 0 Å². The molecule has 3 rings (SSSR count). The number of carbonyl (C=O) groups excluding carboxylic acids is 1. The molecule has 1 aliphatic rings. The average Bonchev–Trinajstić information content (AvgIpc) is 3.15. The zero-order valence-corrected chi connectivity index (χ0v) is 17.1. The molecule has 152 valence electrons. The molecular formula is C19H24ClN3O4S. The smallest absolute Gasteiger partial charge is 0.255 e. The monoisotopic (exact) mass is 425 g/mol. The minimum Gasteiger partial charge on any atom is -0.495 e. The largest absolute Gasteiger partial charge is 0.495 e. The maximum Gasteiger partial charge on any atom is 0.255 e. The number of para-hydroxylation sites is 2. The van der Waals surface area contributed by atoms with Gasteiger partial charge in [0.05, 0.1) is 18.5 Å². The fourth-order valence-corrected chi connectivity index (χ4v) is 4.66. The summed E-state index contributed by atoms with van der Waals surface area (Å²) < 4.78 is 33.5. The van der Waals surface area contributed by atoms with Crippen LogP contribution < -0.4 is 20.5 Å². The first-order valence-corrected chi connectivity index (χ1v) is 10.3. The van der Waals surface area contributed by atoms with Crippen molar-refractivity contribution >= 4 is 39.7 Å². The van der Waals surface area contributed by atoms with Gasteiger partial charge in [0, 0.05) is 11.6 Å². The highest BCUT2D eigenvalue weighted by Gasteiger charge is 2.26. The van der Waals surface area contributed by atoms with E-state index >= 15 is 0 Å². The van der Waals surface area contributed by atoms with Gasteiger partial charge in [-0.1, -0.05) is 25.0 Å². The Balaban J connectivity index is 0.00000280. The molecule has 0 unspecified atom stereocenters. The molecule has 0 spiro atoms. The van der Waals surface area contributed by atoms with Gasteiger partial charge in [-0.05, 0) is 43.2 Å². The van der Waals surface area contributed by atoms with E-state index in [9.17, 15) is 13.2 Å². The zero-order valence-electron chi connectivity index (χ0n) is 15.5. The summed E-state index contributed by atoms with van der Waals surface area (Å²) in [5, 5.41) is 2.70. The Hall–Kier alpha value is -2.29. The molecule has 0 atom stereocenters. The summed E-state index contributed by atoms with van der Waals surface area (Å²) in [4.78, 5) is 12.5. The van der Waals surface area contributed by atoms with Crippen LogP contribution in [-0.2, 0) is 10.0 Å². The molecule has 1 aliphatic carbocycles. The molecule has 0 aromatic heterocycles. The number of hydrogen-bond acceptors (Lipinski definition) is 5. The lowest BCUT2D eigenvalue weighted by molar-refractivity contribution is 0.102. The molecule has 4 N–H and O–H groups in total. The van der Waals surface area contributed by atoms with Crippen molar-refractivity contribution in [1.29, 1.82) is 0 Å². The van der Waals surface area contributed by atoms with Crippen molar-refractivity contribution in [2.45, 2.75) is 36.6 Å². The lowest BCUT2D eigenvalue weighted by Crippen LogP contribution is -2.33. The van der Waals surface area contributed by atoms with Crippen LogP contribution in [0.15, 0.2) is 47.4 Å². The van der Waals surface area contributed by atoms with Gasteiger partial charge in [-0.2, -0.15) is 0 Å². The van der Waals surface area contributed by atoms with Gasteiger partial charge in [-0.15, -0.1) is 12.4 Å². The number of carbonyl (C=O) groups is 1. The number of benzene rings is 2. The number of hydrogen-bond donors (Lipinski definition) is 3. The molecule has 2 aromatic carbocycles. The van der Waals surface area contributed by atoms with Crippen molar-refractivity contribution < 1.29 is 17.9 Å². The van der Waals surface area contributed by atoms with E-state index in [2.05, 4.69) is 10.0 Å². The van der Waals surface area contributed by atoms with E-state index in [-0.39, 0.29) is 34.7 Å². The summed E-state index contributed by atoms with van der Waals surface area (Å²) >= 11 is 0. The second kappa shape index (κ2) is 9.27. The Morgan fingerprint density at radius 1 is 1.14 bits per heavy atom. The number of nitrogen functional groups attached to an aromatic ring is 1. The first kappa shape index (κ1) is 22.0. The summed E-state index contributed by atoms with van der Waals surface area (Å²) in [6.45, 7) is 0. The van der Waals surface area contributed by atoms with E-state index in [0.29, 0.717) is 11.4 Å². The number of nitrogens with two attached hydrogens (primary N) is 1. The lowest BCUT2D eigenvalue weighted by Gasteiger charge is -2.16. The number of anilines is 2. The molecular weight excluding hydrogens is 402 g/mol. The van der Waals surface area contributed by atoms with Crippen molar-refractivity contribution in [3.63, 3.8) is 0 Å². The number of halogens is 1. The van der Waals surface area contributed by atoms with E-state index in [1.807, 2.05) is 0 Å². The number of ether oxygens (including phenoxy) is 1. The summed E-state index contributed by atoms with van der Waals surface area (Å²) in [5.74, 6) is -0.260. The predicted molar refractivity (Wildman–Crippen MR) is 112 cm³/mol. The van der Waals surface area contributed by atoms with Gasteiger partial charge < -0.3 is 15.8 Å². The molecule has 0 bridgehead atoms. The summed E-state index contributed by atoms with van der Waals surface area (Å²) in [7, 11) is -2.41. The predicted octanol–water partition coefficient (Wildman–Crippen LogP) is 3.17. The van der Waals surface area contributed by atoms with Gasteiger partial charge >= 0.3 is 0 Å². The van der Waals surface area contributed by atoms with Gasteiger partial charge in [0.2, 0.25) is 10.0 Å². The lowest BCUT2D eigenvalue weighted by atomic mass is 10.2. The molecule has 9 heteroatoms. The summed E-state index contributed by atoms with van der Waals surface area (Å²) in [5.41, 5.74) is 6.93. The number of methoxy groups -OCH3 is 1. The second-order valence-electron chi connectivity index (χ2n) is 6.51. The third kappa shape index (κ3) is 4.95. The van der Waals surface area contributed by atoms with Crippen molar-refractivity contribution in [2.24, 2.45) is 0 Å². The van der Waals surface area contributed by atoms with Gasteiger partial charge in [-0.25, -0.2) is 13.1 Å². The van der Waals surface area contributed by atoms with Crippen LogP contribution in [0.4, 0.5) is 11.4 Å². The quantitative estimate of drug-likeness (QED) is 0.615. The molecule has 0 aliphatic heterocycles. The van der Waals surface area contributed by atoms with Gasteiger partial charge in [0.1, 0.15) is 10.6 Å². The van der Waals surface area contributed by atoms with Crippen LogP contribution in [0.5, 0.6) is 5.75 Å². The van der Waals surface area contributed by atoms with E-state index < -0.39 is 15.9 Å². The van der Waals surface area contributed by atoms with E-state index in [4.69, 9.17) is 10.5 Å². The molecule has 1 amide bonds. The molecule has 0 radical (unpaired) electrons. The molecule has 1 fully saturated rings. The van der Waals surface area contributed by atoms with Crippen LogP contribution in [0, 0.1) is 0 Å². The van der Waals surface area contributed by atoms with Crippen LogP contribution in [0.1, 0.15) is 36.0 Å². The van der Waals surface area contributed by atoms with Crippen LogP contribution in [0.3, 0.4) is 0 Å². The molecule has 0 heterocycles. The minimum absolute atomic E-state index is 0. The molecule has 28 heavy (non-hydrogen) atoms. The molecule has 1 saturated carbocycles. The topological polar surface area (TPSA) is 111 Å². The fourth-order valence-electron chi connectivity index (χ4n) is 3.16. The zero-order chi connectivity index (χ0) is 19.4. The first-order chi connectivity index (χ1) is 12.9. The Bertz CT molecular complexity index is 944. The first-order valence-electron chi connectivity index (χ1n) is 8.77. The minimum atomic E-state index is -3.80. The molecule has 7 nitrogen and oxygen atoms in total. The van der Waals surface area contributed by atoms with Crippen molar-refractivity contribution in [1.82, 2.24) is 4.72 Å². The SMILES string of the molecule is COc1ccc(C(=O)Nc2ccccc2N)cc1S(=O)(=O)NC1CCCC1.Cl. The summed E-state index contributed by atoms with van der Waals surface area (Å²) in [6.07, 6.45) is 3.64.